The summed E-state index contributed by atoms with van der Waals surface area (Å²) in [7, 11) is -4.19. The molecule has 2 rings (SSSR count). The van der Waals surface area contributed by atoms with Gasteiger partial charge >= 0.3 is 5.97 Å². The highest BCUT2D eigenvalue weighted by Crippen LogP contribution is 2.31. The normalized spacial score (nSPS) is 11.2. The lowest BCUT2D eigenvalue weighted by Gasteiger charge is -2.12. The third-order valence-electron chi connectivity index (χ3n) is 2.86. The van der Waals surface area contributed by atoms with Crippen LogP contribution in [0.15, 0.2) is 41.3 Å². The van der Waals surface area contributed by atoms with Crippen LogP contribution < -0.4 is 4.72 Å². The van der Waals surface area contributed by atoms with Crippen LogP contribution in [0, 0.1) is 6.92 Å². The minimum Gasteiger partial charge on any atom is -0.506 e. The van der Waals surface area contributed by atoms with Gasteiger partial charge in [-0.3, -0.25) is 4.72 Å². The lowest BCUT2D eigenvalue weighted by molar-refractivity contribution is 0.0693. The van der Waals surface area contributed by atoms with Crippen molar-refractivity contribution in [2.45, 2.75) is 11.8 Å². The van der Waals surface area contributed by atoms with Crippen molar-refractivity contribution in [2.75, 3.05) is 4.72 Å². The van der Waals surface area contributed by atoms with E-state index in [4.69, 9.17) is 16.7 Å². The molecule has 3 N–H and O–H groups in total. The molecule has 0 aliphatic carbocycles. The van der Waals surface area contributed by atoms with E-state index in [0.717, 1.165) is 0 Å². The van der Waals surface area contributed by atoms with Gasteiger partial charge in [-0.2, -0.15) is 0 Å². The Hall–Kier alpha value is -2.25. The van der Waals surface area contributed by atoms with Gasteiger partial charge in [-0.25, -0.2) is 13.2 Å². The van der Waals surface area contributed by atoms with Crippen molar-refractivity contribution in [1.29, 1.82) is 0 Å². The molecule has 0 saturated carbocycles. The van der Waals surface area contributed by atoms with Crippen molar-refractivity contribution in [3.05, 3.63) is 52.5 Å². The minimum atomic E-state index is -4.19. The van der Waals surface area contributed by atoms with Crippen LogP contribution in [0.3, 0.4) is 0 Å². The maximum Gasteiger partial charge on any atom is 0.339 e. The Labute approximate surface area is 132 Å². The van der Waals surface area contributed by atoms with Crippen LogP contribution in [-0.4, -0.2) is 24.6 Å². The number of phenols is 1. The number of sulfonamides is 1. The average Bonchev–Trinajstić information content (AvgIpc) is 2.43. The zero-order chi connectivity index (χ0) is 16.5. The molecule has 0 aliphatic heterocycles. The Kier molecular flexibility index (Phi) is 4.30. The zero-order valence-corrected chi connectivity index (χ0v) is 12.9. The number of para-hydroxylation sites is 1. The predicted molar refractivity (Wildman–Crippen MR) is 82.1 cm³/mol. The first-order valence-corrected chi connectivity index (χ1v) is 7.93. The lowest BCUT2D eigenvalue weighted by atomic mass is 10.1. The Bertz CT molecular complexity index is 848. The number of aryl methyl sites for hydroxylation is 1. The first-order valence-electron chi connectivity index (χ1n) is 6.06. The van der Waals surface area contributed by atoms with Crippen molar-refractivity contribution in [3.63, 3.8) is 0 Å². The number of carboxylic acid groups (broad SMARTS) is 1. The molecule has 116 valence electrons. The molecule has 0 atom stereocenters. The summed E-state index contributed by atoms with van der Waals surface area (Å²) >= 11 is 5.89. The quantitative estimate of drug-likeness (QED) is 0.793. The molecule has 0 unspecified atom stereocenters. The molecule has 0 heterocycles. The monoisotopic (exact) mass is 341 g/mol. The van der Waals surface area contributed by atoms with E-state index in [1.807, 2.05) is 0 Å². The highest BCUT2D eigenvalue weighted by molar-refractivity contribution is 7.92. The molecule has 22 heavy (non-hydrogen) atoms. The van der Waals surface area contributed by atoms with Gasteiger partial charge in [-0.15, -0.1) is 0 Å². The zero-order valence-electron chi connectivity index (χ0n) is 11.4. The number of carbonyl (C=O) groups is 1. The van der Waals surface area contributed by atoms with Crippen molar-refractivity contribution in [3.8, 4) is 5.75 Å². The molecule has 2 aromatic carbocycles. The van der Waals surface area contributed by atoms with Crippen LogP contribution in [0.4, 0.5) is 5.69 Å². The van der Waals surface area contributed by atoms with E-state index in [2.05, 4.69) is 4.72 Å². The summed E-state index contributed by atoms with van der Waals surface area (Å²) in [6, 6.07) is 8.53. The fourth-order valence-electron chi connectivity index (χ4n) is 1.86. The third-order valence-corrected chi connectivity index (χ3v) is 4.57. The molecule has 0 bridgehead atoms. The Morgan fingerprint density at radius 2 is 1.86 bits per heavy atom. The molecule has 0 aromatic heterocycles. The van der Waals surface area contributed by atoms with Crippen LogP contribution >= 0.6 is 11.6 Å². The minimum absolute atomic E-state index is 0.127. The molecular weight excluding hydrogens is 330 g/mol. The Balaban J connectivity index is 2.55. The number of aromatic carboxylic acids is 1. The highest BCUT2D eigenvalue weighted by Gasteiger charge is 2.24. The Morgan fingerprint density at radius 1 is 1.23 bits per heavy atom. The van der Waals surface area contributed by atoms with Gasteiger partial charge in [-0.05, 0) is 36.8 Å². The van der Waals surface area contributed by atoms with Crippen molar-refractivity contribution in [1.82, 2.24) is 0 Å². The maximum absolute atomic E-state index is 12.4. The summed E-state index contributed by atoms with van der Waals surface area (Å²) in [5.41, 5.74) is 0.0243. The molecule has 0 saturated heterocycles. The maximum atomic E-state index is 12.4. The summed E-state index contributed by atoms with van der Waals surface area (Å²) in [6.45, 7) is 1.53. The molecule has 6 nitrogen and oxygen atoms in total. The molecule has 8 heteroatoms. The van der Waals surface area contributed by atoms with Crippen molar-refractivity contribution >= 4 is 33.3 Å². The van der Waals surface area contributed by atoms with Crippen LogP contribution in [0.5, 0.6) is 5.75 Å². The van der Waals surface area contributed by atoms with Crippen LogP contribution in [0.2, 0.25) is 5.02 Å². The molecule has 0 amide bonds. The Morgan fingerprint density at radius 3 is 2.45 bits per heavy atom. The summed E-state index contributed by atoms with van der Waals surface area (Å²) in [5, 5.41) is 19.1. The standard InChI is InChI=1S/C14H12ClNO5S/c1-8-6-9(14(18)19)13(17)12(7-8)22(20,21)16-11-5-3-2-4-10(11)15/h2-7,16-17H,1H3,(H,18,19). The smallest absolute Gasteiger partial charge is 0.339 e. The second-order valence-electron chi connectivity index (χ2n) is 4.55. The predicted octanol–water partition coefficient (Wildman–Crippen LogP) is 2.85. The summed E-state index contributed by atoms with van der Waals surface area (Å²) in [5.74, 6) is -2.24. The van der Waals surface area contributed by atoms with Gasteiger partial charge in [0, 0.05) is 0 Å². The van der Waals surface area contributed by atoms with Crippen molar-refractivity contribution in [2.24, 2.45) is 0 Å². The number of aromatic hydroxyl groups is 1. The van der Waals surface area contributed by atoms with Gasteiger partial charge in [-0.1, -0.05) is 23.7 Å². The topological polar surface area (TPSA) is 104 Å². The number of carboxylic acids is 1. The van der Waals surface area contributed by atoms with E-state index in [1.165, 1.54) is 31.2 Å². The average molecular weight is 342 g/mol. The van der Waals surface area contributed by atoms with Crippen molar-refractivity contribution < 1.29 is 23.4 Å². The van der Waals surface area contributed by atoms with Gasteiger partial charge in [0.15, 0.2) is 5.75 Å². The molecular formula is C14H12ClNO5S. The molecule has 0 radical (unpaired) electrons. The first kappa shape index (κ1) is 16.1. The number of nitrogens with one attached hydrogen (secondary N) is 1. The fraction of sp³-hybridized carbons (Fsp3) is 0.0714. The fourth-order valence-corrected chi connectivity index (χ4v) is 3.38. The lowest BCUT2D eigenvalue weighted by Crippen LogP contribution is -2.15. The van der Waals surface area contributed by atoms with E-state index < -0.39 is 32.2 Å². The number of hydrogen-bond donors (Lipinski definition) is 3. The van der Waals surface area contributed by atoms with Gasteiger partial charge < -0.3 is 10.2 Å². The van der Waals surface area contributed by atoms with E-state index in [9.17, 15) is 18.3 Å². The van der Waals surface area contributed by atoms with Gasteiger partial charge in [0.2, 0.25) is 0 Å². The van der Waals surface area contributed by atoms with E-state index in [-0.39, 0.29) is 10.7 Å². The van der Waals surface area contributed by atoms with Crippen LogP contribution in [0.25, 0.3) is 0 Å². The van der Waals surface area contributed by atoms with E-state index in [0.29, 0.717) is 5.56 Å². The first-order chi connectivity index (χ1) is 10.2. The number of hydrogen-bond acceptors (Lipinski definition) is 4. The highest BCUT2D eigenvalue weighted by atomic mass is 35.5. The second-order valence-corrected chi connectivity index (χ2v) is 6.61. The molecule has 0 fully saturated rings. The van der Waals surface area contributed by atoms with E-state index >= 15 is 0 Å². The summed E-state index contributed by atoms with van der Waals surface area (Å²) in [4.78, 5) is 10.5. The summed E-state index contributed by atoms with van der Waals surface area (Å²) in [6.07, 6.45) is 0. The third kappa shape index (κ3) is 3.15. The van der Waals surface area contributed by atoms with Gasteiger partial charge in [0.1, 0.15) is 10.5 Å². The molecule has 0 aliphatic rings. The number of rotatable bonds is 4. The SMILES string of the molecule is Cc1cc(C(=O)O)c(O)c(S(=O)(=O)Nc2ccccc2Cl)c1. The molecule has 2 aromatic rings. The van der Waals surface area contributed by atoms with Gasteiger partial charge in [0.05, 0.1) is 10.7 Å². The van der Waals surface area contributed by atoms with Gasteiger partial charge in [0.25, 0.3) is 10.0 Å². The largest absolute Gasteiger partial charge is 0.506 e. The van der Waals surface area contributed by atoms with Crippen LogP contribution in [0.1, 0.15) is 15.9 Å². The van der Waals surface area contributed by atoms with Crippen LogP contribution in [-0.2, 0) is 10.0 Å². The molecule has 0 spiro atoms. The number of halogens is 1. The summed E-state index contributed by atoms with van der Waals surface area (Å²) < 4.78 is 27.0. The second kappa shape index (κ2) is 5.86. The number of benzene rings is 2. The number of anilines is 1. The van der Waals surface area contributed by atoms with E-state index in [1.54, 1.807) is 12.1 Å².